The van der Waals surface area contributed by atoms with Gasteiger partial charge in [0.15, 0.2) is 5.69 Å². The highest BCUT2D eigenvalue weighted by Crippen LogP contribution is 2.30. The maximum Gasteiger partial charge on any atom is 0.357 e. The molecule has 0 aromatic carbocycles. The van der Waals surface area contributed by atoms with Crippen molar-refractivity contribution in [2.45, 2.75) is 26.4 Å². The average molecular weight is 229 g/mol. The number of nitrogens with zero attached hydrogens (tertiary/aromatic N) is 1. The average Bonchev–Trinajstić information content (AvgIpc) is 2.60. The van der Waals surface area contributed by atoms with E-state index in [2.05, 4.69) is 9.72 Å². The third-order valence-corrected chi connectivity index (χ3v) is 3.48. The Morgan fingerprint density at radius 3 is 2.47 bits per heavy atom. The minimum atomic E-state index is -0.471. The van der Waals surface area contributed by atoms with E-state index in [1.807, 2.05) is 20.8 Å². The predicted molar refractivity (Wildman–Crippen MR) is 58.2 cm³/mol. The molecule has 5 heteroatoms. The number of carbonyl (C=O) groups is 1. The summed E-state index contributed by atoms with van der Waals surface area (Å²) in [6, 6.07) is 0. The van der Waals surface area contributed by atoms with Crippen LogP contribution < -0.4 is 0 Å². The summed E-state index contributed by atoms with van der Waals surface area (Å²) in [5, 5.41) is 0.780. The zero-order valence-electron chi connectivity index (χ0n) is 9.58. The van der Waals surface area contributed by atoms with Crippen molar-refractivity contribution in [2.24, 2.45) is 0 Å². The number of rotatable bonds is 3. The van der Waals surface area contributed by atoms with Gasteiger partial charge >= 0.3 is 5.97 Å². The second-order valence-corrected chi connectivity index (χ2v) is 4.83. The highest BCUT2D eigenvalue weighted by atomic mass is 32.1. The first kappa shape index (κ1) is 12.1. The van der Waals surface area contributed by atoms with Gasteiger partial charge in [0.1, 0.15) is 10.6 Å². The van der Waals surface area contributed by atoms with E-state index in [0.717, 1.165) is 9.88 Å². The van der Waals surface area contributed by atoms with E-state index < -0.39 is 11.6 Å². The fourth-order valence-corrected chi connectivity index (χ4v) is 2.01. The van der Waals surface area contributed by atoms with Gasteiger partial charge < -0.3 is 9.47 Å². The molecule has 0 radical (unpaired) electrons. The van der Waals surface area contributed by atoms with Gasteiger partial charge in [-0.25, -0.2) is 9.78 Å². The Balaban J connectivity index is 3.11. The number of methoxy groups -OCH3 is 2. The van der Waals surface area contributed by atoms with Gasteiger partial charge in [0.05, 0.1) is 7.11 Å². The third kappa shape index (κ3) is 2.35. The van der Waals surface area contributed by atoms with E-state index in [1.165, 1.54) is 18.4 Å². The molecule has 0 fully saturated rings. The van der Waals surface area contributed by atoms with Crippen LogP contribution in [0.4, 0.5) is 0 Å². The van der Waals surface area contributed by atoms with E-state index in [1.54, 1.807) is 7.11 Å². The maximum absolute atomic E-state index is 11.3. The molecule has 0 bridgehead atoms. The highest BCUT2D eigenvalue weighted by molar-refractivity contribution is 7.12. The van der Waals surface area contributed by atoms with Crippen molar-refractivity contribution in [1.29, 1.82) is 0 Å². The van der Waals surface area contributed by atoms with Gasteiger partial charge in [0.25, 0.3) is 0 Å². The van der Waals surface area contributed by atoms with E-state index in [9.17, 15) is 4.79 Å². The van der Waals surface area contributed by atoms with Crippen LogP contribution in [0.15, 0.2) is 0 Å². The molecule has 4 nitrogen and oxygen atoms in total. The predicted octanol–water partition coefficient (Wildman–Crippen LogP) is 2.12. The summed E-state index contributed by atoms with van der Waals surface area (Å²) in [5.74, 6) is -0.401. The summed E-state index contributed by atoms with van der Waals surface area (Å²) in [6.07, 6.45) is 0. The minimum absolute atomic E-state index is 0.377. The summed E-state index contributed by atoms with van der Waals surface area (Å²) < 4.78 is 9.94. The van der Waals surface area contributed by atoms with Crippen LogP contribution in [0.1, 0.15) is 34.2 Å². The number of hydrogen-bond donors (Lipinski definition) is 0. The Labute approximate surface area is 93.2 Å². The molecule has 0 atom stereocenters. The van der Waals surface area contributed by atoms with Crippen molar-refractivity contribution in [3.8, 4) is 0 Å². The Kier molecular flexibility index (Phi) is 3.46. The van der Waals surface area contributed by atoms with Gasteiger partial charge in [-0.15, -0.1) is 11.3 Å². The normalized spacial score (nSPS) is 11.5. The second kappa shape index (κ2) is 4.28. The Hall–Kier alpha value is -0.940. The van der Waals surface area contributed by atoms with Crippen LogP contribution in [0.25, 0.3) is 0 Å². The molecular weight excluding hydrogens is 214 g/mol. The molecule has 0 aliphatic carbocycles. The number of esters is 1. The smallest absolute Gasteiger partial charge is 0.357 e. The molecule has 0 aliphatic rings. The Morgan fingerprint density at radius 2 is 2.00 bits per heavy atom. The summed E-state index contributed by atoms with van der Waals surface area (Å²) in [5.41, 5.74) is -0.0931. The molecule has 0 amide bonds. The molecule has 1 aromatic heterocycles. The first-order chi connectivity index (χ1) is 6.92. The van der Waals surface area contributed by atoms with E-state index in [-0.39, 0.29) is 0 Å². The summed E-state index contributed by atoms with van der Waals surface area (Å²) in [6.45, 7) is 5.66. The molecule has 0 unspecified atom stereocenters. The molecule has 15 heavy (non-hydrogen) atoms. The summed E-state index contributed by atoms with van der Waals surface area (Å²) >= 11 is 1.45. The van der Waals surface area contributed by atoms with Gasteiger partial charge in [-0.05, 0) is 20.8 Å². The van der Waals surface area contributed by atoms with E-state index in [0.29, 0.717) is 5.69 Å². The topological polar surface area (TPSA) is 48.4 Å². The first-order valence-electron chi connectivity index (χ1n) is 4.53. The molecule has 0 saturated carbocycles. The van der Waals surface area contributed by atoms with Crippen LogP contribution in [0.3, 0.4) is 0 Å². The van der Waals surface area contributed by atoms with Crippen molar-refractivity contribution in [1.82, 2.24) is 4.98 Å². The monoisotopic (exact) mass is 229 g/mol. The van der Waals surface area contributed by atoms with E-state index >= 15 is 0 Å². The Morgan fingerprint density at radius 1 is 1.40 bits per heavy atom. The number of carbonyl (C=O) groups excluding carboxylic acids is 1. The second-order valence-electron chi connectivity index (χ2n) is 3.63. The van der Waals surface area contributed by atoms with Crippen molar-refractivity contribution in [3.05, 3.63) is 15.6 Å². The fraction of sp³-hybridized carbons (Fsp3) is 0.600. The van der Waals surface area contributed by atoms with Gasteiger partial charge in [0, 0.05) is 12.0 Å². The van der Waals surface area contributed by atoms with Gasteiger partial charge in [-0.3, -0.25) is 0 Å². The maximum atomic E-state index is 11.3. The van der Waals surface area contributed by atoms with Crippen molar-refractivity contribution in [3.63, 3.8) is 0 Å². The third-order valence-electron chi connectivity index (χ3n) is 2.20. The molecule has 0 saturated heterocycles. The Bertz CT molecular complexity index is 371. The standard InChI is InChI=1S/C10H15NO3S/c1-6-7(8(12)13-4)11-9(15-6)10(2,3)14-5/h1-5H3. The van der Waals surface area contributed by atoms with Gasteiger partial charge in [-0.2, -0.15) is 0 Å². The number of thiazole rings is 1. The minimum Gasteiger partial charge on any atom is -0.464 e. The molecule has 0 aliphatic heterocycles. The SMILES string of the molecule is COC(=O)c1nc(C(C)(C)OC)sc1C. The lowest BCUT2D eigenvalue weighted by molar-refractivity contribution is 0.0188. The molecular formula is C10H15NO3S. The molecule has 1 aromatic rings. The van der Waals surface area contributed by atoms with Crippen LogP contribution in [0.2, 0.25) is 0 Å². The van der Waals surface area contributed by atoms with E-state index in [4.69, 9.17) is 4.74 Å². The first-order valence-corrected chi connectivity index (χ1v) is 5.35. The zero-order chi connectivity index (χ0) is 11.6. The lowest BCUT2D eigenvalue weighted by Crippen LogP contribution is -2.19. The highest BCUT2D eigenvalue weighted by Gasteiger charge is 2.27. The van der Waals surface area contributed by atoms with Crippen LogP contribution in [0.5, 0.6) is 0 Å². The number of ether oxygens (including phenoxy) is 2. The van der Waals surface area contributed by atoms with Crippen LogP contribution >= 0.6 is 11.3 Å². The van der Waals surface area contributed by atoms with Crippen molar-refractivity contribution < 1.29 is 14.3 Å². The molecule has 0 spiro atoms. The van der Waals surface area contributed by atoms with Crippen molar-refractivity contribution in [2.75, 3.05) is 14.2 Å². The van der Waals surface area contributed by atoms with Crippen LogP contribution in [-0.4, -0.2) is 25.2 Å². The largest absolute Gasteiger partial charge is 0.464 e. The zero-order valence-corrected chi connectivity index (χ0v) is 10.4. The molecule has 1 heterocycles. The molecule has 1 rings (SSSR count). The summed E-state index contributed by atoms with van der Waals surface area (Å²) in [7, 11) is 2.97. The van der Waals surface area contributed by atoms with Crippen LogP contribution in [-0.2, 0) is 15.1 Å². The molecule has 0 N–H and O–H groups in total. The van der Waals surface area contributed by atoms with Crippen LogP contribution in [0, 0.1) is 6.92 Å². The number of aryl methyl sites for hydroxylation is 1. The summed E-state index contributed by atoms with van der Waals surface area (Å²) in [4.78, 5) is 16.4. The fourth-order valence-electron chi connectivity index (χ4n) is 1.03. The molecule has 84 valence electrons. The number of hydrogen-bond acceptors (Lipinski definition) is 5. The quantitative estimate of drug-likeness (QED) is 0.745. The lowest BCUT2D eigenvalue weighted by Gasteiger charge is -2.19. The number of aromatic nitrogens is 1. The lowest BCUT2D eigenvalue weighted by atomic mass is 10.1. The van der Waals surface area contributed by atoms with Crippen molar-refractivity contribution >= 4 is 17.3 Å². The van der Waals surface area contributed by atoms with Gasteiger partial charge in [-0.1, -0.05) is 0 Å². The van der Waals surface area contributed by atoms with Gasteiger partial charge in [0.2, 0.25) is 0 Å².